The summed E-state index contributed by atoms with van der Waals surface area (Å²) in [6, 6.07) is 0.556. The molecule has 3 fully saturated rings. The molecule has 0 aliphatic carbocycles. The van der Waals surface area contributed by atoms with Crippen molar-refractivity contribution in [3.8, 4) is 0 Å². The molecule has 0 radical (unpaired) electrons. The number of hydrogen-bond acceptors (Lipinski definition) is 4. The summed E-state index contributed by atoms with van der Waals surface area (Å²) in [4.78, 5) is 14.0. The van der Waals surface area contributed by atoms with Gasteiger partial charge in [-0.1, -0.05) is 0 Å². The van der Waals surface area contributed by atoms with Gasteiger partial charge in [0.1, 0.15) is 5.54 Å². The van der Waals surface area contributed by atoms with Crippen molar-refractivity contribution in [2.45, 2.75) is 30.8 Å². The Hall–Kier alpha value is -0.610. The smallest absolute Gasteiger partial charge is 0.326 e. The number of hydrogen-bond donors (Lipinski definition) is 1. The van der Waals surface area contributed by atoms with Crippen LogP contribution in [0.4, 0.5) is 0 Å². The minimum Gasteiger partial charge on any atom is -0.468 e. The number of esters is 1. The number of carbonyl (C=O) groups is 1. The number of rotatable bonds is 1. The first-order valence-corrected chi connectivity index (χ1v) is 5.22. The van der Waals surface area contributed by atoms with Crippen LogP contribution in [0, 0.1) is 0 Å². The van der Waals surface area contributed by atoms with Crippen LogP contribution < -0.4 is 5.32 Å². The number of ether oxygens (including phenoxy) is 1. The predicted molar refractivity (Wildman–Crippen MR) is 53.0 cm³/mol. The predicted octanol–water partition coefficient (Wildman–Crippen LogP) is -0.0143. The van der Waals surface area contributed by atoms with Gasteiger partial charge >= 0.3 is 5.97 Å². The number of fused-ring (bicyclic) bond motifs is 4. The molecule has 14 heavy (non-hydrogen) atoms. The minimum absolute atomic E-state index is 0.0675. The summed E-state index contributed by atoms with van der Waals surface area (Å²) in [5.41, 5.74) is -0.352. The van der Waals surface area contributed by atoms with Crippen molar-refractivity contribution in [3.05, 3.63) is 0 Å². The number of carbonyl (C=O) groups excluding carboxylic acids is 1. The zero-order valence-corrected chi connectivity index (χ0v) is 8.88. The van der Waals surface area contributed by atoms with Crippen molar-refractivity contribution >= 4 is 5.97 Å². The van der Waals surface area contributed by atoms with Crippen LogP contribution >= 0.6 is 0 Å². The molecule has 3 aliphatic rings. The van der Waals surface area contributed by atoms with E-state index in [1.165, 1.54) is 7.11 Å². The molecular weight excluding hydrogens is 180 g/mol. The lowest BCUT2D eigenvalue weighted by Gasteiger charge is -2.42. The maximum atomic E-state index is 11.8. The van der Waals surface area contributed by atoms with Crippen LogP contribution in [0.25, 0.3) is 0 Å². The number of nitrogens with one attached hydrogen (secondary N) is 1. The highest BCUT2D eigenvalue weighted by atomic mass is 16.5. The molecule has 3 rings (SSSR count). The summed E-state index contributed by atoms with van der Waals surface area (Å²) in [5, 5.41) is 3.46. The molecular formula is C10H18N2O2. The molecule has 3 heterocycles. The lowest BCUT2D eigenvalue weighted by molar-refractivity contribution is -0.156. The van der Waals surface area contributed by atoms with Crippen LogP contribution in [0.1, 0.15) is 19.3 Å². The fourth-order valence-electron chi connectivity index (χ4n) is 2.72. The third-order valence-corrected chi connectivity index (χ3v) is 3.67. The molecule has 0 aromatic carbocycles. The highest BCUT2D eigenvalue weighted by molar-refractivity contribution is 5.81. The first-order chi connectivity index (χ1) is 6.69. The first kappa shape index (κ1) is 9.93. The van der Waals surface area contributed by atoms with E-state index in [9.17, 15) is 4.79 Å². The molecule has 80 valence electrons. The Morgan fingerprint density at radius 1 is 1.57 bits per heavy atom. The fraction of sp³-hybridized carbons (Fsp3) is 0.900. The average molecular weight is 198 g/mol. The molecule has 0 aromatic heterocycles. The molecule has 0 spiro atoms. The van der Waals surface area contributed by atoms with Gasteiger partial charge in [-0.15, -0.1) is 0 Å². The molecule has 4 heteroatoms. The van der Waals surface area contributed by atoms with Gasteiger partial charge < -0.3 is 10.1 Å². The molecule has 2 unspecified atom stereocenters. The van der Waals surface area contributed by atoms with E-state index in [-0.39, 0.29) is 11.5 Å². The van der Waals surface area contributed by atoms with E-state index < -0.39 is 0 Å². The fourth-order valence-corrected chi connectivity index (χ4v) is 2.72. The van der Waals surface area contributed by atoms with Gasteiger partial charge in [-0.25, -0.2) is 0 Å². The topological polar surface area (TPSA) is 41.6 Å². The van der Waals surface area contributed by atoms with Crippen LogP contribution in [0.5, 0.6) is 0 Å². The van der Waals surface area contributed by atoms with E-state index in [4.69, 9.17) is 4.74 Å². The third kappa shape index (κ3) is 1.33. The van der Waals surface area contributed by atoms with Crippen molar-refractivity contribution < 1.29 is 9.53 Å². The van der Waals surface area contributed by atoms with Gasteiger partial charge in [0.25, 0.3) is 0 Å². The summed E-state index contributed by atoms with van der Waals surface area (Å²) >= 11 is 0. The van der Waals surface area contributed by atoms with E-state index in [1.807, 2.05) is 7.05 Å². The van der Waals surface area contributed by atoms with Gasteiger partial charge in [0, 0.05) is 12.6 Å². The molecule has 0 amide bonds. The van der Waals surface area contributed by atoms with Gasteiger partial charge in [-0.05, 0) is 32.9 Å². The molecule has 1 N–H and O–H groups in total. The Balaban J connectivity index is 2.25. The van der Waals surface area contributed by atoms with Crippen LogP contribution in [-0.4, -0.2) is 49.7 Å². The van der Waals surface area contributed by atoms with E-state index in [0.717, 1.165) is 32.4 Å². The van der Waals surface area contributed by atoms with Crippen molar-refractivity contribution in [2.24, 2.45) is 0 Å². The quantitative estimate of drug-likeness (QED) is 0.602. The molecule has 2 bridgehead atoms. The van der Waals surface area contributed by atoms with E-state index in [1.54, 1.807) is 0 Å². The molecule has 4 nitrogen and oxygen atoms in total. The molecule has 0 saturated carbocycles. The van der Waals surface area contributed by atoms with Crippen molar-refractivity contribution in [1.82, 2.24) is 10.2 Å². The summed E-state index contributed by atoms with van der Waals surface area (Å²) in [5.74, 6) is -0.0675. The lowest BCUT2D eigenvalue weighted by atomic mass is 9.84. The lowest BCUT2D eigenvalue weighted by Crippen LogP contribution is -2.57. The summed E-state index contributed by atoms with van der Waals surface area (Å²) in [6.07, 6.45) is 2.87. The Labute approximate surface area is 84.6 Å². The Bertz CT molecular complexity index is 240. The van der Waals surface area contributed by atoms with Crippen molar-refractivity contribution in [2.75, 3.05) is 27.2 Å². The zero-order valence-electron chi connectivity index (χ0n) is 8.88. The second-order valence-electron chi connectivity index (χ2n) is 4.34. The largest absolute Gasteiger partial charge is 0.468 e. The number of likely N-dealkylation sites (N-methyl/N-ethyl adjacent to an activating group) is 1. The molecule has 3 aliphatic heterocycles. The Morgan fingerprint density at radius 2 is 2.36 bits per heavy atom. The van der Waals surface area contributed by atoms with Gasteiger partial charge in [0.05, 0.1) is 7.11 Å². The highest BCUT2D eigenvalue weighted by Gasteiger charge is 2.48. The van der Waals surface area contributed by atoms with Gasteiger partial charge in [-0.2, -0.15) is 0 Å². The van der Waals surface area contributed by atoms with Crippen molar-refractivity contribution in [1.29, 1.82) is 0 Å². The second kappa shape index (κ2) is 3.51. The van der Waals surface area contributed by atoms with Gasteiger partial charge in [0.2, 0.25) is 0 Å². The van der Waals surface area contributed by atoms with Gasteiger partial charge in [-0.3, -0.25) is 9.69 Å². The maximum Gasteiger partial charge on any atom is 0.326 e. The second-order valence-corrected chi connectivity index (χ2v) is 4.34. The van der Waals surface area contributed by atoms with E-state index in [0.29, 0.717) is 6.04 Å². The maximum absolute atomic E-state index is 11.8. The summed E-state index contributed by atoms with van der Waals surface area (Å²) < 4.78 is 4.93. The zero-order chi connectivity index (χ0) is 10.2. The SMILES string of the molecule is COC(=O)C12CCNC(CC1)CN2C. The van der Waals surface area contributed by atoms with Crippen LogP contribution in [0.2, 0.25) is 0 Å². The number of nitrogens with zero attached hydrogens (tertiary/aromatic N) is 1. The Morgan fingerprint density at radius 3 is 3.00 bits per heavy atom. The minimum atomic E-state index is -0.352. The molecule has 3 saturated heterocycles. The summed E-state index contributed by atoms with van der Waals surface area (Å²) in [7, 11) is 3.51. The summed E-state index contributed by atoms with van der Waals surface area (Å²) in [6.45, 7) is 1.87. The first-order valence-electron chi connectivity index (χ1n) is 5.22. The number of methoxy groups -OCH3 is 1. The average Bonchev–Trinajstić information content (AvgIpc) is 2.48. The van der Waals surface area contributed by atoms with Crippen molar-refractivity contribution in [3.63, 3.8) is 0 Å². The van der Waals surface area contributed by atoms with E-state index in [2.05, 4.69) is 10.2 Å². The third-order valence-electron chi connectivity index (χ3n) is 3.67. The Kier molecular flexibility index (Phi) is 2.49. The number of piperidine rings is 1. The standard InChI is InChI=1S/C10H18N2O2/c1-12-7-8-3-4-10(12,5-6-11-8)9(13)14-2/h8,11H,3-7H2,1-2H3. The monoisotopic (exact) mass is 198 g/mol. The van der Waals surface area contributed by atoms with E-state index >= 15 is 0 Å². The van der Waals surface area contributed by atoms with Crippen LogP contribution in [0.15, 0.2) is 0 Å². The highest BCUT2D eigenvalue weighted by Crippen LogP contribution is 2.33. The normalized spacial score (nSPS) is 38.0. The molecule has 0 aromatic rings. The van der Waals surface area contributed by atoms with Gasteiger partial charge in [0.15, 0.2) is 0 Å². The molecule has 2 atom stereocenters. The van der Waals surface area contributed by atoms with Crippen LogP contribution in [-0.2, 0) is 9.53 Å². The van der Waals surface area contributed by atoms with Crippen LogP contribution in [0.3, 0.4) is 0 Å².